The molecule has 43 heavy (non-hydrogen) atoms. The molecule has 4 unspecified atom stereocenters. The molecule has 5 nitrogen and oxygen atoms in total. The van der Waals surface area contributed by atoms with Crippen LogP contribution in [0.4, 0.5) is 0 Å². The first-order chi connectivity index (χ1) is 19.8. The van der Waals surface area contributed by atoms with Crippen LogP contribution < -0.4 is 5.09 Å². The molecule has 0 aromatic heterocycles. The fourth-order valence-corrected chi connectivity index (χ4v) is 8.00. The van der Waals surface area contributed by atoms with Crippen molar-refractivity contribution in [2.75, 3.05) is 7.05 Å². The molecule has 0 heterocycles. The van der Waals surface area contributed by atoms with Crippen molar-refractivity contribution in [3.8, 4) is 11.5 Å². The maximum atomic E-state index is 11.4. The van der Waals surface area contributed by atoms with E-state index in [2.05, 4.69) is 106 Å². The molecule has 1 aliphatic rings. The van der Waals surface area contributed by atoms with Crippen LogP contribution in [0.15, 0.2) is 34.3 Å². The minimum Gasteiger partial charge on any atom is -0.507 e. The molecule has 0 amide bonds. The van der Waals surface area contributed by atoms with Gasteiger partial charge < -0.3 is 10.2 Å². The highest BCUT2D eigenvalue weighted by Crippen LogP contribution is 2.52. The standard InChI is InChI=1S/C36H57N3O2P2/c1-33(2,3)25-17-23(31(40)27(19-25)34(4,5)6)21-38-29-15-13-14-16-30(29)39-22-24-18-26(36(10,11)42-43-37-12)20-28(32(24)41)35(7,8)9/h17-22,29-30,37,40-43H,13-16H2,1-12H3/b38-21+,39-22+. The maximum Gasteiger partial charge on any atom is 0.128 e. The minimum absolute atomic E-state index is 0.00901. The summed E-state index contributed by atoms with van der Waals surface area (Å²) in [6, 6.07) is 8.62. The fourth-order valence-electron chi connectivity index (χ4n) is 5.53. The molecule has 2 aromatic carbocycles. The quantitative estimate of drug-likeness (QED) is 0.202. The van der Waals surface area contributed by atoms with Crippen LogP contribution in [0.5, 0.6) is 11.5 Å². The largest absolute Gasteiger partial charge is 0.507 e. The molecule has 0 radical (unpaired) electrons. The van der Waals surface area contributed by atoms with E-state index in [0.29, 0.717) is 19.9 Å². The third-order valence-corrected chi connectivity index (χ3v) is 12.8. The van der Waals surface area contributed by atoms with Gasteiger partial charge in [0.15, 0.2) is 0 Å². The predicted molar refractivity (Wildman–Crippen MR) is 192 cm³/mol. The Labute approximate surface area is 265 Å². The lowest BCUT2D eigenvalue weighted by atomic mass is 9.79. The number of rotatable bonds is 8. The summed E-state index contributed by atoms with van der Waals surface area (Å²) in [4.78, 5) is 10.1. The summed E-state index contributed by atoms with van der Waals surface area (Å²) in [5.41, 5.74) is 5.47. The Bertz CT molecular complexity index is 1330. The summed E-state index contributed by atoms with van der Waals surface area (Å²) in [6.07, 6.45) is 7.92. The second kappa shape index (κ2) is 13.7. The van der Waals surface area contributed by atoms with Gasteiger partial charge in [0.05, 0.1) is 12.1 Å². The number of aliphatic imine (C=N–C) groups is 2. The molecule has 7 heteroatoms. The Morgan fingerprint density at radius 3 is 1.49 bits per heavy atom. The van der Waals surface area contributed by atoms with E-state index in [9.17, 15) is 10.2 Å². The van der Waals surface area contributed by atoms with E-state index < -0.39 is 0 Å². The molecule has 0 aliphatic heterocycles. The van der Waals surface area contributed by atoms with Gasteiger partial charge >= 0.3 is 0 Å². The molecular formula is C36H57N3O2P2. The molecule has 2 aromatic rings. The number of nitrogens with one attached hydrogen (secondary N) is 1. The second-order valence-electron chi connectivity index (χ2n) is 15.8. The third-order valence-electron chi connectivity index (χ3n) is 8.49. The summed E-state index contributed by atoms with van der Waals surface area (Å²) < 4.78 is 0. The Morgan fingerprint density at radius 2 is 1.09 bits per heavy atom. The first-order valence-corrected chi connectivity index (χ1v) is 18.8. The molecule has 1 saturated carbocycles. The lowest BCUT2D eigenvalue weighted by Crippen LogP contribution is -2.27. The van der Waals surface area contributed by atoms with E-state index in [1.165, 1.54) is 11.1 Å². The molecule has 0 saturated heterocycles. The molecule has 238 valence electrons. The van der Waals surface area contributed by atoms with Crippen LogP contribution in [0.1, 0.15) is 135 Å². The SMILES string of the molecule is CNPPC(C)(C)c1cc(/C=N/C2CCCCC2/N=C/c2cc(C(C)(C)C)cc(C(C)(C)C)c2O)c(O)c(C(C)(C)C)c1. The number of benzene rings is 2. The zero-order valence-electron chi connectivity index (χ0n) is 28.7. The Balaban J connectivity index is 2.00. The van der Waals surface area contributed by atoms with Crippen LogP contribution in [0, 0.1) is 0 Å². The first-order valence-electron chi connectivity index (χ1n) is 15.8. The summed E-state index contributed by atoms with van der Waals surface area (Å²) in [6.45, 7) is 24.1. The summed E-state index contributed by atoms with van der Waals surface area (Å²) >= 11 is 0. The van der Waals surface area contributed by atoms with Gasteiger partial charge in [-0.05, 0) is 67.8 Å². The van der Waals surface area contributed by atoms with Gasteiger partial charge in [-0.3, -0.25) is 15.1 Å². The van der Waals surface area contributed by atoms with E-state index in [1.807, 2.05) is 19.5 Å². The number of hydrogen-bond acceptors (Lipinski definition) is 5. The Morgan fingerprint density at radius 1 is 0.674 bits per heavy atom. The third kappa shape index (κ3) is 9.12. The maximum absolute atomic E-state index is 11.4. The average Bonchev–Trinajstić information content (AvgIpc) is 2.89. The van der Waals surface area contributed by atoms with Crippen molar-refractivity contribution in [2.45, 2.75) is 135 Å². The van der Waals surface area contributed by atoms with E-state index in [0.717, 1.165) is 56.2 Å². The smallest absolute Gasteiger partial charge is 0.128 e. The van der Waals surface area contributed by atoms with Crippen LogP contribution in [-0.2, 0) is 21.4 Å². The molecule has 1 aliphatic carbocycles. The fraction of sp³-hybridized carbons (Fsp3) is 0.611. The number of phenolic OH excluding ortho intramolecular Hbond substituents is 2. The van der Waals surface area contributed by atoms with Crippen molar-refractivity contribution >= 4 is 29.1 Å². The Kier molecular flexibility index (Phi) is 11.3. The average molecular weight is 626 g/mol. The molecule has 1 fully saturated rings. The number of nitrogens with zero attached hydrogens (tertiary/aromatic N) is 2. The van der Waals surface area contributed by atoms with Gasteiger partial charge in [-0.2, -0.15) is 0 Å². The van der Waals surface area contributed by atoms with Crippen molar-refractivity contribution < 1.29 is 10.2 Å². The van der Waals surface area contributed by atoms with E-state index in [1.54, 1.807) is 0 Å². The van der Waals surface area contributed by atoms with Crippen LogP contribution in [0.3, 0.4) is 0 Å². The van der Waals surface area contributed by atoms with Gasteiger partial charge in [-0.1, -0.05) is 109 Å². The van der Waals surface area contributed by atoms with Crippen LogP contribution in [-0.4, -0.2) is 41.8 Å². The monoisotopic (exact) mass is 625 g/mol. The van der Waals surface area contributed by atoms with Gasteiger partial charge in [-0.25, -0.2) is 0 Å². The van der Waals surface area contributed by atoms with E-state index >= 15 is 0 Å². The van der Waals surface area contributed by atoms with E-state index in [4.69, 9.17) is 9.98 Å². The molecule has 4 atom stereocenters. The van der Waals surface area contributed by atoms with Gasteiger partial charge in [0.1, 0.15) is 11.5 Å². The lowest BCUT2D eigenvalue weighted by Gasteiger charge is -2.30. The molecule has 3 N–H and O–H groups in total. The molecular weight excluding hydrogens is 568 g/mol. The lowest BCUT2D eigenvalue weighted by molar-refractivity contribution is 0.389. The number of hydrogen-bond donors (Lipinski definition) is 3. The second-order valence-corrected chi connectivity index (χ2v) is 19.5. The highest BCUT2D eigenvalue weighted by molar-refractivity contribution is 8.11. The normalized spacial score (nSPS) is 19.6. The summed E-state index contributed by atoms with van der Waals surface area (Å²) in [5.74, 6) is 0.642. The molecule has 0 bridgehead atoms. The molecule has 3 rings (SSSR count). The number of phenols is 2. The highest BCUT2D eigenvalue weighted by atomic mass is 32.0. The van der Waals surface area contributed by atoms with Crippen LogP contribution in [0.2, 0.25) is 0 Å². The summed E-state index contributed by atoms with van der Waals surface area (Å²) in [5, 5.41) is 26.0. The Hall–Kier alpha value is -1.80. The zero-order valence-corrected chi connectivity index (χ0v) is 30.7. The topological polar surface area (TPSA) is 77.2 Å². The highest BCUT2D eigenvalue weighted by Gasteiger charge is 2.29. The predicted octanol–water partition coefficient (Wildman–Crippen LogP) is 9.48. The van der Waals surface area contributed by atoms with Crippen LogP contribution >= 0.6 is 16.7 Å². The van der Waals surface area contributed by atoms with Crippen molar-refractivity contribution in [1.82, 2.24) is 5.09 Å². The van der Waals surface area contributed by atoms with Gasteiger partial charge in [0.25, 0.3) is 0 Å². The van der Waals surface area contributed by atoms with Crippen LogP contribution in [0.25, 0.3) is 0 Å². The van der Waals surface area contributed by atoms with Gasteiger partial charge in [0, 0.05) is 39.8 Å². The van der Waals surface area contributed by atoms with E-state index in [-0.39, 0.29) is 33.5 Å². The number of aromatic hydroxyl groups is 2. The first kappa shape index (κ1) is 35.7. The van der Waals surface area contributed by atoms with Crippen molar-refractivity contribution in [3.63, 3.8) is 0 Å². The summed E-state index contributed by atoms with van der Waals surface area (Å²) in [7, 11) is 3.44. The van der Waals surface area contributed by atoms with Crippen molar-refractivity contribution in [1.29, 1.82) is 0 Å². The minimum atomic E-state index is -0.194. The van der Waals surface area contributed by atoms with Gasteiger partial charge in [-0.15, -0.1) is 0 Å². The van der Waals surface area contributed by atoms with Crippen molar-refractivity contribution in [3.05, 3.63) is 57.6 Å². The molecule has 0 spiro atoms. The zero-order chi connectivity index (χ0) is 32.4. The van der Waals surface area contributed by atoms with Gasteiger partial charge in [0.2, 0.25) is 0 Å². The van der Waals surface area contributed by atoms with Crippen molar-refractivity contribution in [2.24, 2.45) is 9.98 Å².